The minimum atomic E-state index is -3.69. The zero-order valence-corrected chi connectivity index (χ0v) is 13.1. The Balaban J connectivity index is 2.16. The molecule has 0 aliphatic rings. The molecule has 7 heteroatoms. The molecule has 0 atom stereocenters. The van der Waals surface area contributed by atoms with Gasteiger partial charge in [-0.1, -0.05) is 0 Å². The first-order chi connectivity index (χ1) is 9.81. The van der Waals surface area contributed by atoms with Crippen molar-refractivity contribution in [1.29, 1.82) is 0 Å². The van der Waals surface area contributed by atoms with Gasteiger partial charge in [-0.25, -0.2) is 13.6 Å². The molecule has 2 rings (SSSR count). The van der Waals surface area contributed by atoms with Gasteiger partial charge in [0.25, 0.3) is 0 Å². The number of nitrogens with zero attached hydrogens (tertiary/aromatic N) is 2. The first-order valence-electron chi connectivity index (χ1n) is 6.61. The third-order valence-corrected chi connectivity index (χ3v) is 4.20. The van der Waals surface area contributed by atoms with E-state index in [4.69, 9.17) is 9.88 Å². The molecule has 0 bridgehead atoms. The summed E-state index contributed by atoms with van der Waals surface area (Å²) in [5.41, 5.74) is 2.48. The van der Waals surface area contributed by atoms with Crippen LogP contribution in [0.4, 0.5) is 0 Å². The summed E-state index contributed by atoms with van der Waals surface area (Å²) in [4.78, 5) is 0.115. The number of hydrogen-bond donors (Lipinski definition) is 1. The lowest BCUT2D eigenvalue weighted by atomic mass is 10.2. The lowest BCUT2D eigenvalue weighted by Crippen LogP contribution is -2.13. The molecule has 0 saturated heterocycles. The predicted octanol–water partition coefficient (Wildman–Crippen LogP) is 1.75. The van der Waals surface area contributed by atoms with Crippen molar-refractivity contribution in [1.82, 2.24) is 9.78 Å². The minimum absolute atomic E-state index is 0.115. The Morgan fingerprint density at radius 1 is 1.29 bits per heavy atom. The molecule has 0 radical (unpaired) electrons. The van der Waals surface area contributed by atoms with Crippen molar-refractivity contribution in [3.63, 3.8) is 0 Å². The Kier molecular flexibility index (Phi) is 4.34. The molecule has 0 aliphatic carbocycles. The van der Waals surface area contributed by atoms with Gasteiger partial charge in [0.2, 0.25) is 10.0 Å². The number of ether oxygens (including phenoxy) is 1. The summed E-state index contributed by atoms with van der Waals surface area (Å²) >= 11 is 0. The summed E-state index contributed by atoms with van der Waals surface area (Å²) in [5.74, 6) is 0.599. The average Bonchev–Trinajstić information content (AvgIpc) is 2.75. The van der Waals surface area contributed by atoms with E-state index in [1.54, 1.807) is 19.1 Å². The molecule has 6 nitrogen and oxygen atoms in total. The number of nitrogens with two attached hydrogens (primary N) is 1. The Labute approximate surface area is 124 Å². The van der Waals surface area contributed by atoms with E-state index in [1.807, 2.05) is 24.6 Å². The van der Waals surface area contributed by atoms with Crippen LogP contribution in [-0.2, 0) is 23.2 Å². The number of hydrogen-bond acceptors (Lipinski definition) is 4. The third-order valence-electron chi connectivity index (χ3n) is 3.12. The molecule has 0 unspecified atom stereocenters. The fourth-order valence-electron chi connectivity index (χ4n) is 2.18. The van der Waals surface area contributed by atoms with Crippen LogP contribution in [0.5, 0.6) is 5.75 Å². The lowest BCUT2D eigenvalue weighted by Gasteiger charge is -2.10. The molecule has 0 spiro atoms. The second-order valence-corrected chi connectivity index (χ2v) is 6.38. The highest BCUT2D eigenvalue weighted by molar-refractivity contribution is 7.89. The molecule has 21 heavy (non-hydrogen) atoms. The number of aromatic nitrogens is 2. The van der Waals surface area contributed by atoms with Gasteiger partial charge in [-0.3, -0.25) is 4.68 Å². The Hall–Kier alpha value is -1.86. The van der Waals surface area contributed by atoms with Crippen LogP contribution in [0.1, 0.15) is 23.9 Å². The third kappa shape index (κ3) is 3.62. The summed E-state index contributed by atoms with van der Waals surface area (Å²) in [6.45, 7) is 6.79. The minimum Gasteiger partial charge on any atom is -0.487 e. The number of benzene rings is 1. The van der Waals surface area contributed by atoms with Gasteiger partial charge in [0.05, 0.1) is 16.3 Å². The van der Waals surface area contributed by atoms with Crippen molar-refractivity contribution in [3.8, 4) is 5.75 Å². The summed E-state index contributed by atoms with van der Waals surface area (Å²) in [7, 11) is -3.69. The Bertz CT molecular complexity index is 751. The van der Waals surface area contributed by atoms with E-state index in [9.17, 15) is 8.42 Å². The van der Waals surface area contributed by atoms with Gasteiger partial charge in [-0.05, 0) is 50.6 Å². The molecule has 1 heterocycles. The predicted molar refractivity (Wildman–Crippen MR) is 79.5 cm³/mol. The van der Waals surface area contributed by atoms with Crippen LogP contribution < -0.4 is 9.88 Å². The first kappa shape index (κ1) is 15.5. The Morgan fingerprint density at radius 2 is 2.00 bits per heavy atom. The van der Waals surface area contributed by atoms with E-state index in [-0.39, 0.29) is 4.90 Å². The maximum absolute atomic E-state index is 11.4. The maximum atomic E-state index is 11.4. The molecule has 0 fully saturated rings. The fraction of sp³-hybridized carbons (Fsp3) is 0.357. The normalized spacial score (nSPS) is 11.6. The van der Waals surface area contributed by atoms with E-state index in [0.717, 1.165) is 17.9 Å². The van der Waals surface area contributed by atoms with E-state index < -0.39 is 10.0 Å². The van der Waals surface area contributed by atoms with Gasteiger partial charge in [0.1, 0.15) is 12.4 Å². The molecule has 0 amide bonds. The molecule has 0 saturated carbocycles. The van der Waals surface area contributed by atoms with Crippen LogP contribution in [-0.4, -0.2) is 18.2 Å². The zero-order chi connectivity index (χ0) is 15.6. The van der Waals surface area contributed by atoms with Crippen molar-refractivity contribution in [2.45, 2.75) is 38.8 Å². The maximum Gasteiger partial charge on any atom is 0.238 e. The number of rotatable bonds is 5. The largest absolute Gasteiger partial charge is 0.487 e. The van der Waals surface area contributed by atoms with E-state index >= 15 is 0 Å². The van der Waals surface area contributed by atoms with Gasteiger partial charge >= 0.3 is 0 Å². The highest BCUT2D eigenvalue weighted by Gasteiger charge is 2.12. The second kappa shape index (κ2) is 5.87. The molecular formula is C14H19N3O3S. The standard InChI is InChI=1S/C14H19N3O3S/c1-4-17-12(8-11(3)16-17)9-20-13-5-6-14(10(2)7-13)21(15,18)19/h5-8H,4,9H2,1-3H3,(H2,15,18,19). The summed E-state index contributed by atoms with van der Waals surface area (Å²) in [6.07, 6.45) is 0. The average molecular weight is 309 g/mol. The number of aryl methyl sites for hydroxylation is 3. The van der Waals surface area contributed by atoms with Gasteiger partial charge in [-0.15, -0.1) is 0 Å². The Morgan fingerprint density at radius 3 is 2.57 bits per heavy atom. The summed E-state index contributed by atoms with van der Waals surface area (Å²) < 4.78 is 30.3. The molecular weight excluding hydrogens is 290 g/mol. The second-order valence-electron chi connectivity index (χ2n) is 4.85. The molecule has 1 aromatic carbocycles. The highest BCUT2D eigenvalue weighted by Crippen LogP contribution is 2.21. The molecule has 114 valence electrons. The zero-order valence-electron chi connectivity index (χ0n) is 12.3. The quantitative estimate of drug-likeness (QED) is 0.911. The van der Waals surface area contributed by atoms with Crippen molar-refractivity contribution < 1.29 is 13.2 Å². The van der Waals surface area contributed by atoms with Crippen LogP contribution in [0, 0.1) is 13.8 Å². The van der Waals surface area contributed by atoms with Crippen molar-refractivity contribution in [2.24, 2.45) is 5.14 Å². The van der Waals surface area contributed by atoms with Crippen LogP contribution in [0.3, 0.4) is 0 Å². The van der Waals surface area contributed by atoms with Gasteiger partial charge in [0, 0.05) is 6.54 Å². The number of primary sulfonamides is 1. The summed E-state index contributed by atoms with van der Waals surface area (Å²) in [5, 5.41) is 9.48. The van der Waals surface area contributed by atoms with E-state index in [1.165, 1.54) is 6.07 Å². The van der Waals surface area contributed by atoms with E-state index in [2.05, 4.69) is 5.10 Å². The molecule has 1 aromatic heterocycles. The topological polar surface area (TPSA) is 87.2 Å². The monoisotopic (exact) mass is 309 g/mol. The van der Waals surface area contributed by atoms with Gasteiger partial charge in [0.15, 0.2) is 0 Å². The first-order valence-corrected chi connectivity index (χ1v) is 8.15. The van der Waals surface area contributed by atoms with Gasteiger partial charge < -0.3 is 4.74 Å². The number of sulfonamides is 1. The molecule has 2 aromatic rings. The van der Waals surface area contributed by atoms with Crippen LogP contribution in [0.15, 0.2) is 29.2 Å². The van der Waals surface area contributed by atoms with Crippen LogP contribution in [0.25, 0.3) is 0 Å². The summed E-state index contributed by atoms with van der Waals surface area (Å²) in [6, 6.07) is 6.70. The SMILES string of the molecule is CCn1nc(C)cc1COc1ccc(S(N)(=O)=O)c(C)c1. The van der Waals surface area contributed by atoms with Crippen molar-refractivity contribution in [3.05, 3.63) is 41.2 Å². The van der Waals surface area contributed by atoms with Gasteiger partial charge in [-0.2, -0.15) is 5.10 Å². The van der Waals surface area contributed by atoms with Crippen LogP contribution in [0.2, 0.25) is 0 Å². The molecule has 0 aliphatic heterocycles. The highest BCUT2D eigenvalue weighted by atomic mass is 32.2. The smallest absolute Gasteiger partial charge is 0.238 e. The molecule has 2 N–H and O–H groups in total. The fourth-order valence-corrected chi connectivity index (χ4v) is 2.94. The van der Waals surface area contributed by atoms with Crippen LogP contribution >= 0.6 is 0 Å². The van der Waals surface area contributed by atoms with Crippen molar-refractivity contribution in [2.75, 3.05) is 0 Å². The van der Waals surface area contributed by atoms with Crippen molar-refractivity contribution >= 4 is 10.0 Å². The van der Waals surface area contributed by atoms with E-state index in [0.29, 0.717) is 17.9 Å². The lowest BCUT2D eigenvalue weighted by molar-refractivity contribution is 0.292.